The number of carbonyl (C=O) groups is 1. The van der Waals surface area contributed by atoms with E-state index in [9.17, 15) is 4.79 Å². The zero-order valence-electron chi connectivity index (χ0n) is 11.1. The number of aliphatic carboxylic acids is 1. The lowest BCUT2D eigenvalue weighted by atomic mass is 10.0. The van der Waals surface area contributed by atoms with Crippen molar-refractivity contribution >= 4 is 5.97 Å². The molecule has 0 aliphatic carbocycles. The predicted molar refractivity (Wildman–Crippen MR) is 65.7 cm³/mol. The highest BCUT2D eigenvalue weighted by Crippen LogP contribution is 2.19. The molecule has 1 aliphatic rings. The largest absolute Gasteiger partial charge is 0.481 e. The summed E-state index contributed by atoms with van der Waals surface area (Å²) in [6, 6.07) is -0.0430. The highest BCUT2D eigenvalue weighted by Gasteiger charge is 2.37. The molecule has 1 rings (SSSR count). The summed E-state index contributed by atoms with van der Waals surface area (Å²) in [6.45, 7) is 6.06. The first-order valence-corrected chi connectivity index (χ1v) is 6.32. The number of hydrogen-bond donors (Lipinski definition) is 1. The van der Waals surface area contributed by atoms with Gasteiger partial charge in [-0.15, -0.1) is 0 Å². The van der Waals surface area contributed by atoms with E-state index in [2.05, 4.69) is 4.90 Å². The molecule has 0 saturated carbocycles. The molecule has 0 amide bonds. The fourth-order valence-corrected chi connectivity index (χ4v) is 2.12. The maximum atomic E-state index is 11.1. The molecule has 1 aliphatic heterocycles. The summed E-state index contributed by atoms with van der Waals surface area (Å²) in [5.74, 6) is -1.21. The lowest BCUT2D eigenvalue weighted by molar-refractivity contribution is -0.143. The standard InChI is InChI=1S/C12H23NO5/c1-3-13(4-5-17-7-6-16-2)11-9-18-8-10(11)12(14)15/h10-11H,3-9H2,1-2H3,(H,14,15). The number of carboxylic acid groups (broad SMARTS) is 1. The van der Waals surface area contributed by atoms with Crippen LogP contribution in [0.4, 0.5) is 0 Å². The van der Waals surface area contributed by atoms with E-state index in [-0.39, 0.29) is 6.04 Å². The van der Waals surface area contributed by atoms with Gasteiger partial charge in [-0.3, -0.25) is 9.69 Å². The van der Waals surface area contributed by atoms with E-state index < -0.39 is 11.9 Å². The molecule has 2 unspecified atom stereocenters. The molecule has 18 heavy (non-hydrogen) atoms. The van der Waals surface area contributed by atoms with Crippen LogP contribution in [0.15, 0.2) is 0 Å². The Bertz CT molecular complexity index is 249. The van der Waals surface area contributed by atoms with Crippen LogP contribution in [0.5, 0.6) is 0 Å². The molecular formula is C12H23NO5. The van der Waals surface area contributed by atoms with Gasteiger partial charge in [0.2, 0.25) is 0 Å². The summed E-state index contributed by atoms with van der Waals surface area (Å²) in [5.41, 5.74) is 0. The van der Waals surface area contributed by atoms with Gasteiger partial charge in [0, 0.05) is 19.7 Å². The molecular weight excluding hydrogens is 238 g/mol. The van der Waals surface area contributed by atoms with Crippen molar-refractivity contribution < 1.29 is 24.1 Å². The molecule has 1 saturated heterocycles. The van der Waals surface area contributed by atoms with E-state index in [1.807, 2.05) is 6.92 Å². The van der Waals surface area contributed by atoms with Crippen LogP contribution in [-0.4, -0.2) is 75.3 Å². The normalized spacial score (nSPS) is 23.7. The number of hydrogen-bond acceptors (Lipinski definition) is 5. The number of carboxylic acids is 1. The van der Waals surface area contributed by atoms with Gasteiger partial charge in [-0.25, -0.2) is 0 Å². The minimum Gasteiger partial charge on any atom is -0.481 e. The third-order valence-electron chi connectivity index (χ3n) is 3.20. The minimum atomic E-state index is -0.781. The minimum absolute atomic E-state index is 0.0430. The first-order chi connectivity index (χ1) is 8.70. The summed E-state index contributed by atoms with van der Waals surface area (Å²) in [6.07, 6.45) is 0. The van der Waals surface area contributed by atoms with E-state index in [0.717, 1.165) is 13.1 Å². The first kappa shape index (κ1) is 15.4. The highest BCUT2D eigenvalue weighted by molar-refractivity contribution is 5.71. The fraction of sp³-hybridized carbons (Fsp3) is 0.917. The van der Waals surface area contributed by atoms with E-state index in [0.29, 0.717) is 33.0 Å². The van der Waals surface area contributed by atoms with Crippen LogP contribution in [0, 0.1) is 5.92 Å². The molecule has 6 nitrogen and oxygen atoms in total. The Kier molecular flexibility index (Phi) is 7.19. The molecule has 106 valence electrons. The van der Waals surface area contributed by atoms with Crippen LogP contribution in [0.1, 0.15) is 6.92 Å². The van der Waals surface area contributed by atoms with Crippen molar-refractivity contribution in [3.05, 3.63) is 0 Å². The van der Waals surface area contributed by atoms with E-state index in [1.54, 1.807) is 7.11 Å². The van der Waals surface area contributed by atoms with E-state index >= 15 is 0 Å². The van der Waals surface area contributed by atoms with Crippen molar-refractivity contribution in [3.8, 4) is 0 Å². The molecule has 1 heterocycles. The number of nitrogens with zero attached hydrogens (tertiary/aromatic N) is 1. The molecule has 1 N–H and O–H groups in total. The van der Waals surface area contributed by atoms with Crippen LogP contribution >= 0.6 is 0 Å². The fourth-order valence-electron chi connectivity index (χ4n) is 2.12. The number of rotatable bonds is 9. The van der Waals surface area contributed by atoms with Crippen molar-refractivity contribution in [3.63, 3.8) is 0 Å². The van der Waals surface area contributed by atoms with Crippen molar-refractivity contribution in [2.24, 2.45) is 5.92 Å². The van der Waals surface area contributed by atoms with Crippen LogP contribution in [0.25, 0.3) is 0 Å². The Labute approximate surface area is 108 Å². The molecule has 0 aromatic rings. The average Bonchev–Trinajstić information content (AvgIpc) is 2.83. The predicted octanol–water partition coefficient (Wildman–Crippen LogP) is 0.0709. The van der Waals surface area contributed by atoms with E-state index in [1.165, 1.54) is 0 Å². The Morgan fingerprint density at radius 2 is 2.17 bits per heavy atom. The average molecular weight is 261 g/mol. The van der Waals surface area contributed by atoms with Gasteiger partial charge in [0.05, 0.1) is 39.0 Å². The van der Waals surface area contributed by atoms with Gasteiger partial charge in [0.15, 0.2) is 0 Å². The molecule has 6 heteroatoms. The zero-order valence-corrected chi connectivity index (χ0v) is 11.1. The number of ether oxygens (including phenoxy) is 3. The Balaban J connectivity index is 2.33. The van der Waals surface area contributed by atoms with Crippen molar-refractivity contribution in [2.45, 2.75) is 13.0 Å². The zero-order chi connectivity index (χ0) is 13.4. The topological polar surface area (TPSA) is 68.2 Å². The summed E-state index contributed by atoms with van der Waals surface area (Å²) in [7, 11) is 1.63. The third kappa shape index (κ3) is 4.53. The second kappa shape index (κ2) is 8.42. The van der Waals surface area contributed by atoms with Crippen LogP contribution in [0.3, 0.4) is 0 Å². The second-order valence-electron chi connectivity index (χ2n) is 4.28. The Hall–Kier alpha value is -0.690. The molecule has 0 aromatic heterocycles. The maximum Gasteiger partial charge on any atom is 0.310 e. The number of methoxy groups -OCH3 is 1. The van der Waals surface area contributed by atoms with Crippen molar-refractivity contribution in [2.75, 3.05) is 53.2 Å². The van der Waals surface area contributed by atoms with Crippen molar-refractivity contribution in [1.29, 1.82) is 0 Å². The summed E-state index contributed by atoms with van der Waals surface area (Å²) in [4.78, 5) is 13.2. The Morgan fingerprint density at radius 3 is 2.78 bits per heavy atom. The van der Waals surface area contributed by atoms with Gasteiger partial charge < -0.3 is 19.3 Å². The third-order valence-corrected chi connectivity index (χ3v) is 3.20. The SMILES string of the molecule is CCN(CCOCCOC)C1COCC1C(=O)O. The lowest BCUT2D eigenvalue weighted by Crippen LogP contribution is -2.44. The molecule has 0 spiro atoms. The molecule has 0 aromatic carbocycles. The first-order valence-electron chi connectivity index (χ1n) is 6.32. The highest BCUT2D eigenvalue weighted by atomic mass is 16.5. The molecule has 2 atom stereocenters. The summed E-state index contributed by atoms with van der Waals surface area (Å²) >= 11 is 0. The molecule has 0 radical (unpaired) electrons. The molecule has 0 bridgehead atoms. The van der Waals surface area contributed by atoms with Crippen molar-refractivity contribution in [1.82, 2.24) is 4.90 Å². The summed E-state index contributed by atoms with van der Waals surface area (Å²) < 4.78 is 15.6. The maximum absolute atomic E-state index is 11.1. The van der Waals surface area contributed by atoms with Gasteiger partial charge in [0.1, 0.15) is 0 Å². The molecule has 1 fully saturated rings. The summed E-state index contributed by atoms with van der Waals surface area (Å²) in [5, 5.41) is 9.12. The smallest absolute Gasteiger partial charge is 0.310 e. The second-order valence-corrected chi connectivity index (χ2v) is 4.28. The Morgan fingerprint density at radius 1 is 1.39 bits per heavy atom. The monoisotopic (exact) mass is 261 g/mol. The van der Waals surface area contributed by atoms with Gasteiger partial charge in [-0.05, 0) is 6.54 Å². The lowest BCUT2D eigenvalue weighted by Gasteiger charge is -2.28. The van der Waals surface area contributed by atoms with E-state index in [4.69, 9.17) is 19.3 Å². The van der Waals surface area contributed by atoms with Gasteiger partial charge in [-0.1, -0.05) is 6.92 Å². The quantitative estimate of drug-likeness (QED) is 0.592. The van der Waals surface area contributed by atoms with Crippen LogP contribution in [-0.2, 0) is 19.0 Å². The van der Waals surface area contributed by atoms with Gasteiger partial charge in [0.25, 0.3) is 0 Å². The number of likely N-dealkylation sites (N-methyl/N-ethyl adjacent to an activating group) is 1. The van der Waals surface area contributed by atoms with Crippen LogP contribution < -0.4 is 0 Å². The van der Waals surface area contributed by atoms with Crippen LogP contribution in [0.2, 0.25) is 0 Å². The van der Waals surface area contributed by atoms with Gasteiger partial charge >= 0.3 is 5.97 Å². The van der Waals surface area contributed by atoms with Gasteiger partial charge in [-0.2, -0.15) is 0 Å².